The summed E-state index contributed by atoms with van der Waals surface area (Å²) in [4.78, 5) is 36.7. The molecule has 0 spiro atoms. The molecule has 130 valence electrons. The number of carboxylic acid groups (broad SMARTS) is 1. The fraction of sp³-hybridized carbons (Fsp3) is 0.471. The van der Waals surface area contributed by atoms with Gasteiger partial charge in [-0.25, -0.2) is 4.79 Å². The number of aliphatic carboxylic acids is 1. The number of hydrogen-bond donors (Lipinski definition) is 2. The maximum absolute atomic E-state index is 12.6. The van der Waals surface area contributed by atoms with Gasteiger partial charge in [-0.1, -0.05) is 30.3 Å². The molecule has 2 N–H and O–H groups in total. The van der Waals surface area contributed by atoms with Crippen molar-refractivity contribution in [2.75, 3.05) is 13.1 Å². The van der Waals surface area contributed by atoms with E-state index in [-0.39, 0.29) is 30.9 Å². The van der Waals surface area contributed by atoms with Crippen LogP contribution in [0.3, 0.4) is 0 Å². The summed E-state index contributed by atoms with van der Waals surface area (Å²) in [5.74, 6) is -1.52. The maximum Gasteiger partial charge on any atom is 0.334 e. The molecule has 1 aromatic carbocycles. The summed E-state index contributed by atoms with van der Waals surface area (Å²) in [6.45, 7) is 3.49. The van der Waals surface area contributed by atoms with Gasteiger partial charge in [0.2, 0.25) is 11.8 Å². The van der Waals surface area contributed by atoms with E-state index in [2.05, 4.69) is 5.32 Å². The summed E-state index contributed by atoms with van der Waals surface area (Å²) in [5, 5.41) is 11.9. The van der Waals surface area contributed by atoms with Crippen LogP contribution in [-0.4, -0.2) is 53.1 Å². The summed E-state index contributed by atoms with van der Waals surface area (Å²) in [6, 6.07) is 8.78. The number of nitrogens with zero attached hydrogens (tertiary/aromatic N) is 1. The minimum atomic E-state index is -1.08. The lowest BCUT2D eigenvalue weighted by molar-refractivity contribution is -0.166. The number of hydrogen-bond acceptors (Lipinski definition) is 4. The Kier molecular flexibility index (Phi) is 5.92. The van der Waals surface area contributed by atoms with Crippen LogP contribution in [0.25, 0.3) is 0 Å². The van der Waals surface area contributed by atoms with Crippen molar-refractivity contribution < 1.29 is 24.2 Å². The van der Waals surface area contributed by atoms with Gasteiger partial charge < -0.3 is 20.1 Å². The van der Waals surface area contributed by atoms with Gasteiger partial charge >= 0.3 is 5.97 Å². The predicted molar refractivity (Wildman–Crippen MR) is 86.2 cm³/mol. The Balaban J connectivity index is 2.09. The number of carbonyl (C=O) groups is 3. The van der Waals surface area contributed by atoms with Gasteiger partial charge in [-0.05, 0) is 12.5 Å². The lowest BCUT2D eigenvalue weighted by Gasteiger charge is -2.35. The minimum absolute atomic E-state index is 0.0140. The monoisotopic (exact) mass is 334 g/mol. The molecule has 0 saturated carbocycles. The number of ether oxygens (including phenoxy) is 1. The summed E-state index contributed by atoms with van der Waals surface area (Å²) in [7, 11) is 0. The van der Waals surface area contributed by atoms with Crippen LogP contribution >= 0.6 is 0 Å². The largest absolute Gasteiger partial charge is 0.479 e. The van der Waals surface area contributed by atoms with Crippen LogP contribution in [0, 0.1) is 0 Å². The molecule has 0 aliphatic carbocycles. The van der Waals surface area contributed by atoms with Gasteiger partial charge in [-0.15, -0.1) is 0 Å². The molecule has 7 nitrogen and oxygen atoms in total. The van der Waals surface area contributed by atoms with Crippen molar-refractivity contribution in [3.63, 3.8) is 0 Å². The Morgan fingerprint density at radius 2 is 1.96 bits per heavy atom. The molecule has 2 rings (SSSR count). The second-order valence-corrected chi connectivity index (χ2v) is 5.94. The standard InChI is InChI=1S/C17H22N2O5/c1-11-9-19(10-15(24-11)17(22)23)16(21)8-14(18-12(2)20)13-6-4-3-5-7-13/h3-7,11,14-15H,8-10H2,1-2H3,(H,18,20)(H,22,23)/t11-,14?,15?/m1/s1. The fourth-order valence-corrected chi connectivity index (χ4v) is 2.78. The number of benzene rings is 1. The first-order valence-corrected chi connectivity index (χ1v) is 7.85. The first kappa shape index (κ1) is 17.9. The van der Waals surface area contributed by atoms with Crippen molar-refractivity contribution in [2.24, 2.45) is 0 Å². The Morgan fingerprint density at radius 3 is 2.54 bits per heavy atom. The molecule has 1 heterocycles. The van der Waals surface area contributed by atoms with E-state index in [1.807, 2.05) is 30.3 Å². The van der Waals surface area contributed by atoms with Gasteiger partial charge in [0.05, 0.1) is 25.1 Å². The molecule has 3 atom stereocenters. The number of amides is 2. The van der Waals surface area contributed by atoms with Crippen molar-refractivity contribution in [2.45, 2.75) is 38.5 Å². The van der Waals surface area contributed by atoms with Gasteiger partial charge in [-0.3, -0.25) is 9.59 Å². The lowest BCUT2D eigenvalue weighted by atomic mass is 10.0. The van der Waals surface area contributed by atoms with E-state index >= 15 is 0 Å². The zero-order chi connectivity index (χ0) is 17.7. The van der Waals surface area contributed by atoms with Crippen LogP contribution in [0.5, 0.6) is 0 Å². The number of morpholine rings is 1. The second kappa shape index (κ2) is 7.92. The zero-order valence-electron chi connectivity index (χ0n) is 13.8. The van der Waals surface area contributed by atoms with E-state index in [0.29, 0.717) is 6.54 Å². The SMILES string of the molecule is CC(=O)NC(CC(=O)N1CC(C(=O)O)O[C@H](C)C1)c1ccccc1. The van der Waals surface area contributed by atoms with Crippen molar-refractivity contribution in [3.05, 3.63) is 35.9 Å². The molecule has 7 heteroatoms. The van der Waals surface area contributed by atoms with Crippen LogP contribution in [0.1, 0.15) is 31.9 Å². The molecule has 1 aliphatic heterocycles. The van der Waals surface area contributed by atoms with Gasteiger partial charge in [0.25, 0.3) is 0 Å². The van der Waals surface area contributed by atoms with Crippen LogP contribution in [-0.2, 0) is 19.1 Å². The quantitative estimate of drug-likeness (QED) is 0.836. The first-order valence-electron chi connectivity index (χ1n) is 7.85. The third-order valence-electron chi connectivity index (χ3n) is 3.85. The average Bonchev–Trinajstić information content (AvgIpc) is 2.54. The van der Waals surface area contributed by atoms with Crippen LogP contribution in [0.4, 0.5) is 0 Å². The third kappa shape index (κ3) is 4.79. The molecule has 0 aromatic heterocycles. The van der Waals surface area contributed by atoms with Gasteiger partial charge in [0, 0.05) is 13.5 Å². The Bertz CT molecular complexity index is 604. The molecule has 0 bridgehead atoms. The van der Waals surface area contributed by atoms with Gasteiger partial charge in [-0.2, -0.15) is 0 Å². The average molecular weight is 334 g/mol. The highest BCUT2D eigenvalue weighted by atomic mass is 16.5. The Morgan fingerprint density at radius 1 is 1.29 bits per heavy atom. The van der Waals surface area contributed by atoms with Crippen LogP contribution in [0.15, 0.2) is 30.3 Å². The highest BCUT2D eigenvalue weighted by Crippen LogP contribution is 2.20. The van der Waals surface area contributed by atoms with Crippen LogP contribution < -0.4 is 5.32 Å². The fourth-order valence-electron chi connectivity index (χ4n) is 2.78. The number of carbonyl (C=O) groups excluding carboxylic acids is 2. The summed E-state index contributed by atoms with van der Waals surface area (Å²) < 4.78 is 5.32. The molecular weight excluding hydrogens is 312 g/mol. The molecule has 1 aromatic rings. The molecule has 2 unspecified atom stereocenters. The lowest BCUT2D eigenvalue weighted by Crippen LogP contribution is -2.52. The maximum atomic E-state index is 12.6. The Hall–Kier alpha value is -2.41. The predicted octanol–water partition coefficient (Wildman–Crippen LogP) is 0.954. The smallest absolute Gasteiger partial charge is 0.334 e. The minimum Gasteiger partial charge on any atom is -0.479 e. The molecular formula is C17H22N2O5. The van der Waals surface area contributed by atoms with Gasteiger partial charge in [0.15, 0.2) is 6.10 Å². The third-order valence-corrected chi connectivity index (χ3v) is 3.85. The number of rotatable bonds is 5. The molecule has 1 fully saturated rings. The zero-order valence-corrected chi connectivity index (χ0v) is 13.8. The van der Waals surface area contributed by atoms with Crippen molar-refractivity contribution in [1.29, 1.82) is 0 Å². The highest BCUT2D eigenvalue weighted by Gasteiger charge is 2.33. The molecule has 24 heavy (non-hydrogen) atoms. The Labute approximate surface area is 140 Å². The molecule has 1 saturated heterocycles. The van der Waals surface area contributed by atoms with E-state index < -0.39 is 18.1 Å². The highest BCUT2D eigenvalue weighted by molar-refractivity contribution is 5.80. The molecule has 0 radical (unpaired) electrons. The second-order valence-electron chi connectivity index (χ2n) is 5.94. The molecule has 1 aliphatic rings. The van der Waals surface area contributed by atoms with Crippen LogP contribution in [0.2, 0.25) is 0 Å². The molecule has 2 amide bonds. The van der Waals surface area contributed by atoms with E-state index in [9.17, 15) is 14.4 Å². The van der Waals surface area contributed by atoms with Crippen molar-refractivity contribution >= 4 is 17.8 Å². The van der Waals surface area contributed by atoms with E-state index in [4.69, 9.17) is 9.84 Å². The van der Waals surface area contributed by atoms with Gasteiger partial charge in [0.1, 0.15) is 0 Å². The summed E-state index contributed by atoms with van der Waals surface area (Å²) in [5.41, 5.74) is 0.831. The number of carboxylic acids is 1. The summed E-state index contributed by atoms with van der Waals surface area (Å²) in [6.07, 6.45) is -1.30. The summed E-state index contributed by atoms with van der Waals surface area (Å²) >= 11 is 0. The number of nitrogens with one attached hydrogen (secondary N) is 1. The topological polar surface area (TPSA) is 95.9 Å². The van der Waals surface area contributed by atoms with E-state index in [0.717, 1.165) is 5.56 Å². The van der Waals surface area contributed by atoms with E-state index in [1.54, 1.807) is 6.92 Å². The normalized spacial score (nSPS) is 21.8. The first-order chi connectivity index (χ1) is 11.4. The van der Waals surface area contributed by atoms with Crippen molar-refractivity contribution in [3.8, 4) is 0 Å². The van der Waals surface area contributed by atoms with Crippen molar-refractivity contribution in [1.82, 2.24) is 10.2 Å². The van der Waals surface area contributed by atoms with E-state index in [1.165, 1.54) is 11.8 Å².